The smallest absolute Gasteiger partial charge is 0.226 e. The van der Waals surface area contributed by atoms with Crippen LogP contribution in [0, 0.1) is 5.92 Å². The van der Waals surface area contributed by atoms with E-state index in [1.807, 2.05) is 42.5 Å². The first-order chi connectivity index (χ1) is 13.7. The molecule has 1 aliphatic heterocycles. The summed E-state index contributed by atoms with van der Waals surface area (Å²) in [6, 6.07) is 13.3. The summed E-state index contributed by atoms with van der Waals surface area (Å²) in [7, 11) is 0. The van der Waals surface area contributed by atoms with Crippen LogP contribution in [0.5, 0.6) is 0 Å². The number of amides is 2. The van der Waals surface area contributed by atoms with Crippen LogP contribution in [0.4, 0.5) is 0 Å². The summed E-state index contributed by atoms with van der Waals surface area (Å²) in [6.45, 7) is 1.15. The van der Waals surface area contributed by atoms with Gasteiger partial charge in [0.15, 0.2) is 0 Å². The molecule has 1 N–H and O–H groups in total. The van der Waals surface area contributed by atoms with E-state index in [4.69, 9.17) is 4.42 Å². The van der Waals surface area contributed by atoms with E-state index in [0.29, 0.717) is 24.7 Å². The normalized spacial score (nSPS) is 16.4. The van der Waals surface area contributed by atoms with Crippen molar-refractivity contribution in [3.8, 4) is 11.5 Å². The van der Waals surface area contributed by atoms with Crippen LogP contribution in [-0.4, -0.2) is 33.2 Å². The molecule has 3 aromatic rings. The van der Waals surface area contributed by atoms with E-state index in [-0.39, 0.29) is 30.7 Å². The number of rotatable bonds is 6. The van der Waals surface area contributed by atoms with Crippen LogP contribution >= 0.6 is 0 Å². The number of oxazole rings is 1. The summed E-state index contributed by atoms with van der Waals surface area (Å²) < 4.78 is 5.48. The zero-order chi connectivity index (χ0) is 19.3. The fourth-order valence-corrected chi connectivity index (χ4v) is 3.24. The quantitative estimate of drug-likeness (QED) is 0.714. The molecule has 28 heavy (non-hydrogen) atoms. The van der Waals surface area contributed by atoms with Gasteiger partial charge in [-0.3, -0.25) is 14.6 Å². The number of nitrogens with zero attached hydrogens (tertiary/aromatic N) is 3. The Morgan fingerprint density at radius 1 is 1.21 bits per heavy atom. The standard InChI is InChI=1S/C21H20N4O3/c26-19-9-17(13-25(19)12-15-5-4-8-22-10-15)20(27)23-11-18-14-28-21(24-18)16-6-2-1-3-7-16/h1-8,10,14,17H,9,11-13H2,(H,23,27)/t17-/m0/s1. The highest BCUT2D eigenvalue weighted by molar-refractivity contribution is 5.89. The monoisotopic (exact) mass is 376 g/mol. The molecule has 1 atom stereocenters. The molecule has 7 heteroatoms. The second kappa shape index (κ2) is 8.04. The predicted molar refractivity (Wildman–Crippen MR) is 102 cm³/mol. The maximum atomic E-state index is 12.5. The summed E-state index contributed by atoms with van der Waals surface area (Å²) in [5, 5.41) is 2.86. The topological polar surface area (TPSA) is 88.3 Å². The minimum Gasteiger partial charge on any atom is -0.444 e. The molecule has 1 aliphatic rings. The third-order valence-electron chi connectivity index (χ3n) is 4.70. The Balaban J connectivity index is 1.31. The highest BCUT2D eigenvalue weighted by Gasteiger charge is 2.34. The number of hydrogen-bond acceptors (Lipinski definition) is 5. The van der Waals surface area contributed by atoms with Crippen molar-refractivity contribution in [3.63, 3.8) is 0 Å². The van der Waals surface area contributed by atoms with E-state index in [1.54, 1.807) is 17.3 Å². The SMILES string of the molecule is O=C(NCc1coc(-c2ccccc2)n1)[C@H]1CC(=O)N(Cc2cccnc2)C1. The van der Waals surface area contributed by atoms with Crippen molar-refractivity contribution in [1.29, 1.82) is 0 Å². The zero-order valence-corrected chi connectivity index (χ0v) is 15.2. The molecule has 0 spiro atoms. The maximum Gasteiger partial charge on any atom is 0.226 e. The Hall–Kier alpha value is -3.48. The Morgan fingerprint density at radius 3 is 2.86 bits per heavy atom. The van der Waals surface area contributed by atoms with Crippen molar-refractivity contribution in [3.05, 3.63) is 72.4 Å². The summed E-state index contributed by atoms with van der Waals surface area (Å²) in [6.07, 6.45) is 5.19. The molecule has 0 unspecified atom stereocenters. The predicted octanol–water partition coefficient (Wildman–Crippen LogP) is 2.40. The van der Waals surface area contributed by atoms with Crippen molar-refractivity contribution in [2.24, 2.45) is 5.92 Å². The van der Waals surface area contributed by atoms with Gasteiger partial charge < -0.3 is 14.6 Å². The number of likely N-dealkylation sites (tertiary alicyclic amines) is 1. The summed E-state index contributed by atoms with van der Waals surface area (Å²) in [5.74, 6) is -0.00342. The Kier molecular flexibility index (Phi) is 5.14. The van der Waals surface area contributed by atoms with Gasteiger partial charge >= 0.3 is 0 Å². The first-order valence-electron chi connectivity index (χ1n) is 9.13. The van der Waals surface area contributed by atoms with Gasteiger partial charge in [-0.2, -0.15) is 0 Å². The molecule has 3 heterocycles. The average Bonchev–Trinajstić information content (AvgIpc) is 3.35. The van der Waals surface area contributed by atoms with Crippen molar-refractivity contribution in [2.45, 2.75) is 19.5 Å². The third-order valence-corrected chi connectivity index (χ3v) is 4.70. The molecule has 0 aliphatic carbocycles. The Morgan fingerprint density at radius 2 is 2.07 bits per heavy atom. The number of benzene rings is 1. The molecule has 7 nitrogen and oxygen atoms in total. The summed E-state index contributed by atoms with van der Waals surface area (Å²) >= 11 is 0. The van der Waals surface area contributed by atoms with E-state index >= 15 is 0 Å². The van der Waals surface area contributed by atoms with Crippen LogP contribution in [0.3, 0.4) is 0 Å². The summed E-state index contributed by atoms with van der Waals surface area (Å²) in [4.78, 5) is 34.9. The van der Waals surface area contributed by atoms with Gasteiger partial charge in [-0.25, -0.2) is 4.98 Å². The molecule has 2 amide bonds. The number of pyridine rings is 1. The van der Waals surface area contributed by atoms with Gasteiger partial charge in [0.2, 0.25) is 17.7 Å². The van der Waals surface area contributed by atoms with Crippen molar-refractivity contribution < 1.29 is 14.0 Å². The van der Waals surface area contributed by atoms with Gasteiger partial charge in [-0.05, 0) is 23.8 Å². The molecule has 0 radical (unpaired) electrons. The van der Waals surface area contributed by atoms with Gasteiger partial charge in [0.1, 0.15) is 6.26 Å². The minimum absolute atomic E-state index is 0.0168. The zero-order valence-electron chi connectivity index (χ0n) is 15.2. The van der Waals surface area contributed by atoms with E-state index in [2.05, 4.69) is 15.3 Å². The van der Waals surface area contributed by atoms with E-state index in [0.717, 1.165) is 11.1 Å². The number of carbonyl (C=O) groups is 2. The van der Waals surface area contributed by atoms with Crippen LogP contribution in [0.2, 0.25) is 0 Å². The second-order valence-electron chi connectivity index (χ2n) is 6.76. The number of carbonyl (C=O) groups excluding carboxylic acids is 2. The van der Waals surface area contributed by atoms with Crippen LogP contribution < -0.4 is 5.32 Å². The highest BCUT2D eigenvalue weighted by Crippen LogP contribution is 2.21. The van der Waals surface area contributed by atoms with Crippen LogP contribution in [-0.2, 0) is 22.7 Å². The van der Waals surface area contributed by atoms with Crippen LogP contribution in [0.25, 0.3) is 11.5 Å². The lowest BCUT2D eigenvalue weighted by molar-refractivity contribution is -0.129. The molecule has 1 saturated heterocycles. The molecule has 4 rings (SSSR count). The number of hydrogen-bond donors (Lipinski definition) is 1. The van der Waals surface area contributed by atoms with Crippen molar-refractivity contribution in [2.75, 3.05) is 6.54 Å². The Labute approximate surface area is 162 Å². The largest absolute Gasteiger partial charge is 0.444 e. The highest BCUT2D eigenvalue weighted by atomic mass is 16.3. The molecule has 0 saturated carbocycles. The average molecular weight is 376 g/mol. The van der Waals surface area contributed by atoms with Gasteiger partial charge in [0.05, 0.1) is 18.2 Å². The maximum absolute atomic E-state index is 12.5. The van der Waals surface area contributed by atoms with Gasteiger partial charge in [-0.1, -0.05) is 24.3 Å². The van der Waals surface area contributed by atoms with E-state index in [1.165, 1.54) is 6.26 Å². The first-order valence-corrected chi connectivity index (χ1v) is 9.13. The number of aromatic nitrogens is 2. The molecule has 2 aromatic heterocycles. The lowest BCUT2D eigenvalue weighted by Gasteiger charge is -2.16. The molecule has 0 bridgehead atoms. The summed E-state index contributed by atoms with van der Waals surface area (Å²) in [5.41, 5.74) is 2.48. The lowest BCUT2D eigenvalue weighted by Crippen LogP contribution is -2.32. The first kappa shape index (κ1) is 17.9. The van der Waals surface area contributed by atoms with Crippen molar-refractivity contribution >= 4 is 11.8 Å². The van der Waals surface area contributed by atoms with E-state index in [9.17, 15) is 9.59 Å². The number of nitrogens with one attached hydrogen (secondary N) is 1. The van der Waals surface area contributed by atoms with Gasteiger partial charge in [-0.15, -0.1) is 0 Å². The fraction of sp³-hybridized carbons (Fsp3) is 0.238. The van der Waals surface area contributed by atoms with Gasteiger partial charge in [0, 0.05) is 37.5 Å². The molecular weight excluding hydrogens is 356 g/mol. The molecular formula is C21H20N4O3. The van der Waals surface area contributed by atoms with Crippen LogP contribution in [0.15, 0.2) is 65.5 Å². The van der Waals surface area contributed by atoms with Crippen LogP contribution in [0.1, 0.15) is 17.7 Å². The lowest BCUT2D eigenvalue weighted by atomic mass is 10.1. The Bertz CT molecular complexity index is 956. The van der Waals surface area contributed by atoms with Crippen molar-refractivity contribution in [1.82, 2.24) is 20.2 Å². The molecule has 142 valence electrons. The van der Waals surface area contributed by atoms with E-state index < -0.39 is 0 Å². The molecule has 1 fully saturated rings. The fourth-order valence-electron chi connectivity index (χ4n) is 3.24. The minimum atomic E-state index is -0.357. The molecule has 1 aromatic carbocycles. The van der Waals surface area contributed by atoms with Gasteiger partial charge in [0.25, 0.3) is 0 Å². The second-order valence-corrected chi connectivity index (χ2v) is 6.76. The third kappa shape index (κ3) is 4.09.